The predicted octanol–water partition coefficient (Wildman–Crippen LogP) is 3.20. The van der Waals surface area contributed by atoms with Gasteiger partial charge in [0, 0.05) is 6.42 Å². The Bertz CT molecular complexity index is 192. The number of ketones is 1. The van der Waals surface area contributed by atoms with Crippen LogP contribution in [0.5, 0.6) is 0 Å². The number of rotatable bonds is 4. The number of carbonyl (C=O) groups excluding carboxylic acids is 1. The van der Waals surface area contributed by atoms with Crippen LogP contribution < -0.4 is 0 Å². The molecule has 1 saturated heterocycles. The molecule has 0 spiro atoms. The standard InChI is InChI=1S/C11H18OS/c1-3-9(2)8-10(12)11-6-4-5-7-13-11/h11H,2-8H2,1H3. The summed E-state index contributed by atoms with van der Waals surface area (Å²) < 4.78 is 0. The van der Waals surface area contributed by atoms with Gasteiger partial charge in [-0.15, -0.1) is 0 Å². The second-order valence-electron chi connectivity index (χ2n) is 3.60. The minimum Gasteiger partial charge on any atom is -0.298 e. The summed E-state index contributed by atoms with van der Waals surface area (Å²) >= 11 is 1.83. The molecule has 0 radical (unpaired) electrons. The van der Waals surface area contributed by atoms with Crippen molar-refractivity contribution in [2.24, 2.45) is 0 Å². The predicted molar refractivity (Wildman–Crippen MR) is 59.2 cm³/mol. The van der Waals surface area contributed by atoms with Crippen LogP contribution in [-0.2, 0) is 4.79 Å². The van der Waals surface area contributed by atoms with E-state index in [9.17, 15) is 4.79 Å². The Morgan fingerprint density at radius 2 is 2.31 bits per heavy atom. The summed E-state index contributed by atoms with van der Waals surface area (Å²) in [5.74, 6) is 1.56. The third kappa shape index (κ3) is 3.55. The van der Waals surface area contributed by atoms with E-state index in [-0.39, 0.29) is 5.25 Å². The van der Waals surface area contributed by atoms with Crippen molar-refractivity contribution in [3.8, 4) is 0 Å². The van der Waals surface area contributed by atoms with E-state index < -0.39 is 0 Å². The molecule has 1 rings (SSSR count). The normalized spacial score (nSPS) is 22.7. The second kappa shape index (κ2) is 5.48. The smallest absolute Gasteiger partial charge is 0.149 e. The Balaban J connectivity index is 2.33. The Kier molecular flexibility index (Phi) is 4.57. The van der Waals surface area contributed by atoms with Gasteiger partial charge in [0.15, 0.2) is 0 Å². The van der Waals surface area contributed by atoms with Gasteiger partial charge in [-0.25, -0.2) is 0 Å². The van der Waals surface area contributed by atoms with Crippen LogP contribution in [0.25, 0.3) is 0 Å². The Labute approximate surface area is 85.0 Å². The highest BCUT2D eigenvalue weighted by Crippen LogP contribution is 2.27. The Hall–Kier alpha value is -0.240. The highest BCUT2D eigenvalue weighted by atomic mass is 32.2. The molecule has 1 fully saturated rings. The van der Waals surface area contributed by atoms with Gasteiger partial charge in [-0.1, -0.05) is 25.5 Å². The molecular formula is C11H18OS. The Morgan fingerprint density at radius 3 is 2.85 bits per heavy atom. The molecule has 0 aromatic carbocycles. The lowest BCUT2D eigenvalue weighted by Crippen LogP contribution is -2.20. The first kappa shape index (κ1) is 10.8. The molecule has 74 valence electrons. The fourth-order valence-electron chi connectivity index (χ4n) is 1.48. The maximum atomic E-state index is 11.7. The molecule has 0 bridgehead atoms. The third-order valence-electron chi connectivity index (χ3n) is 2.46. The molecule has 0 aromatic rings. The molecule has 13 heavy (non-hydrogen) atoms. The van der Waals surface area contributed by atoms with E-state index in [2.05, 4.69) is 13.5 Å². The maximum absolute atomic E-state index is 11.7. The van der Waals surface area contributed by atoms with E-state index in [0.29, 0.717) is 12.2 Å². The molecule has 0 N–H and O–H groups in total. The topological polar surface area (TPSA) is 17.1 Å². The fourth-order valence-corrected chi connectivity index (χ4v) is 2.74. The van der Waals surface area contributed by atoms with E-state index in [1.807, 2.05) is 11.8 Å². The van der Waals surface area contributed by atoms with Crippen molar-refractivity contribution < 1.29 is 4.79 Å². The lowest BCUT2D eigenvalue weighted by atomic mass is 10.0. The summed E-state index contributed by atoms with van der Waals surface area (Å²) in [6, 6.07) is 0. The van der Waals surface area contributed by atoms with Crippen molar-refractivity contribution in [1.82, 2.24) is 0 Å². The molecule has 0 saturated carbocycles. The number of allylic oxidation sites excluding steroid dienone is 1. The van der Waals surface area contributed by atoms with Gasteiger partial charge in [0.25, 0.3) is 0 Å². The lowest BCUT2D eigenvalue weighted by molar-refractivity contribution is -0.118. The van der Waals surface area contributed by atoms with Gasteiger partial charge in [0.05, 0.1) is 5.25 Å². The molecule has 1 nitrogen and oxygen atoms in total. The largest absolute Gasteiger partial charge is 0.298 e. The van der Waals surface area contributed by atoms with Crippen LogP contribution in [0.4, 0.5) is 0 Å². The van der Waals surface area contributed by atoms with Crippen LogP contribution in [0, 0.1) is 0 Å². The van der Waals surface area contributed by atoms with E-state index >= 15 is 0 Å². The van der Waals surface area contributed by atoms with Crippen molar-refractivity contribution in [2.45, 2.75) is 44.3 Å². The molecular weight excluding hydrogens is 180 g/mol. The lowest BCUT2D eigenvalue weighted by Gasteiger charge is -2.20. The SMILES string of the molecule is C=C(CC)CC(=O)C1CCCCS1. The molecule has 1 heterocycles. The summed E-state index contributed by atoms with van der Waals surface area (Å²) in [7, 11) is 0. The van der Waals surface area contributed by atoms with Crippen LogP contribution in [0.2, 0.25) is 0 Å². The second-order valence-corrected chi connectivity index (χ2v) is 4.91. The number of hydrogen-bond acceptors (Lipinski definition) is 2. The summed E-state index contributed by atoms with van der Waals surface area (Å²) in [4.78, 5) is 11.7. The van der Waals surface area contributed by atoms with Crippen LogP contribution in [0.1, 0.15) is 39.0 Å². The molecule has 0 aromatic heterocycles. The van der Waals surface area contributed by atoms with Crippen LogP contribution in [-0.4, -0.2) is 16.8 Å². The van der Waals surface area contributed by atoms with E-state index in [0.717, 1.165) is 24.2 Å². The number of carbonyl (C=O) groups is 1. The van der Waals surface area contributed by atoms with E-state index in [1.165, 1.54) is 12.8 Å². The molecule has 1 aliphatic rings. The van der Waals surface area contributed by atoms with Crippen molar-refractivity contribution >= 4 is 17.5 Å². The first-order valence-corrected chi connectivity index (χ1v) is 6.10. The van der Waals surface area contributed by atoms with Gasteiger partial charge < -0.3 is 0 Å². The monoisotopic (exact) mass is 198 g/mol. The summed E-state index contributed by atoms with van der Waals surface area (Å²) in [6.45, 7) is 5.94. The summed E-state index contributed by atoms with van der Waals surface area (Å²) in [6.07, 6.45) is 5.13. The zero-order valence-electron chi connectivity index (χ0n) is 8.34. The highest BCUT2D eigenvalue weighted by molar-refractivity contribution is 8.00. The molecule has 0 amide bonds. The molecule has 1 unspecified atom stereocenters. The minimum atomic E-state index is 0.275. The van der Waals surface area contributed by atoms with E-state index in [1.54, 1.807) is 0 Å². The fraction of sp³-hybridized carbons (Fsp3) is 0.727. The third-order valence-corrected chi connectivity index (χ3v) is 3.89. The maximum Gasteiger partial charge on any atom is 0.149 e. The zero-order chi connectivity index (χ0) is 9.68. The average Bonchev–Trinajstić information content (AvgIpc) is 2.19. The van der Waals surface area contributed by atoms with Crippen molar-refractivity contribution in [3.63, 3.8) is 0 Å². The molecule has 1 aliphatic heterocycles. The highest BCUT2D eigenvalue weighted by Gasteiger charge is 2.21. The summed E-state index contributed by atoms with van der Waals surface area (Å²) in [5.41, 5.74) is 1.08. The Morgan fingerprint density at radius 1 is 1.54 bits per heavy atom. The van der Waals surface area contributed by atoms with Gasteiger partial charge in [-0.05, 0) is 25.0 Å². The van der Waals surface area contributed by atoms with Crippen molar-refractivity contribution in [2.75, 3.05) is 5.75 Å². The van der Waals surface area contributed by atoms with Gasteiger partial charge in [-0.3, -0.25) is 4.79 Å². The first-order chi connectivity index (χ1) is 6.24. The van der Waals surface area contributed by atoms with Crippen molar-refractivity contribution in [3.05, 3.63) is 12.2 Å². The number of Topliss-reactive ketones (excluding diaryl/α,β-unsaturated/α-hetero) is 1. The molecule has 2 heteroatoms. The zero-order valence-corrected chi connectivity index (χ0v) is 9.16. The van der Waals surface area contributed by atoms with Crippen LogP contribution >= 0.6 is 11.8 Å². The van der Waals surface area contributed by atoms with Crippen LogP contribution in [0.3, 0.4) is 0 Å². The molecule has 0 aliphatic carbocycles. The van der Waals surface area contributed by atoms with Crippen molar-refractivity contribution in [1.29, 1.82) is 0 Å². The van der Waals surface area contributed by atoms with Gasteiger partial charge >= 0.3 is 0 Å². The number of hydrogen-bond donors (Lipinski definition) is 0. The first-order valence-electron chi connectivity index (χ1n) is 5.05. The van der Waals surface area contributed by atoms with E-state index in [4.69, 9.17) is 0 Å². The van der Waals surface area contributed by atoms with Gasteiger partial charge in [0.2, 0.25) is 0 Å². The quantitative estimate of drug-likeness (QED) is 0.645. The molecule has 1 atom stereocenters. The minimum absolute atomic E-state index is 0.275. The van der Waals surface area contributed by atoms with Gasteiger partial charge in [-0.2, -0.15) is 11.8 Å². The van der Waals surface area contributed by atoms with Gasteiger partial charge in [0.1, 0.15) is 5.78 Å². The number of thioether (sulfide) groups is 1. The average molecular weight is 198 g/mol. The van der Waals surface area contributed by atoms with Crippen LogP contribution in [0.15, 0.2) is 12.2 Å². The summed E-state index contributed by atoms with van der Waals surface area (Å²) in [5, 5.41) is 0.275.